The maximum absolute atomic E-state index is 11.4. The van der Waals surface area contributed by atoms with Crippen LogP contribution in [-0.2, 0) is 11.3 Å². The minimum absolute atomic E-state index is 0.0643. The van der Waals surface area contributed by atoms with Crippen LogP contribution in [0.1, 0.15) is 19.4 Å². The van der Waals surface area contributed by atoms with Crippen molar-refractivity contribution in [3.05, 3.63) is 35.9 Å². The van der Waals surface area contributed by atoms with Gasteiger partial charge >= 0.3 is 0 Å². The van der Waals surface area contributed by atoms with Gasteiger partial charge in [-0.1, -0.05) is 44.2 Å². The second kappa shape index (κ2) is 7.07. The lowest BCUT2D eigenvalue weighted by atomic mass is 10.2. The molecular formula is C14H22N2O. The number of carbonyl (C=O) groups is 1. The topological polar surface area (TPSA) is 32.3 Å². The van der Waals surface area contributed by atoms with Gasteiger partial charge in [0.2, 0.25) is 5.91 Å². The molecule has 0 saturated carbocycles. The van der Waals surface area contributed by atoms with Crippen molar-refractivity contribution in [3.8, 4) is 0 Å². The summed E-state index contributed by atoms with van der Waals surface area (Å²) in [5.41, 5.74) is 1.30. The van der Waals surface area contributed by atoms with Crippen molar-refractivity contribution >= 4 is 5.91 Å². The summed E-state index contributed by atoms with van der Waals surface area (Å²) in [6.07, 6.45) is 0. The van der Waals surface area contributed by atoms with E-state index in [1.807, 2.05) is 32.0 Å². The highest BCUT2D eigenvalue weighted by Crippen LogP contribution is 2.01. The van der Waals surface area contributed by atoms with Gasteiger partial charge in [-0.25, -0.2) is 0 Å². The molecule has 0 atom stereocenters. The number of nitrogens with one attached hydrogen (secondary N) is 1. The van der Waals surface area contributed by atoms with Gasteiger partial charge in [0.05, 0.1) is 0 Å². The average molecular weight is 234 g/mol. The predicted octanol–water partition coefficient (Wildman–Crippen LogP) is 1.89. The van der Waals surface area contributed by atoms with E-state index in [4.69, 9.17) is 0 Å². The zero-order valence-corrected chi connectivity index (χ0v) is 10.9. The second-order valence-corrected chi connectivity index (χ2v) is 4.67. The summed E-state index contributed by atoms with van der Waals surface area (Å²) in [6, 6.07) is 10.3. The van der Waals surface area contributed by atoms with Gasteiger partial charge in [0, 0.05) is 25.6 Å². The molecule has 0 aromatic heterocycles. The van der Waals surface area contributed by atoms with Crippen molar-refractivity contribution in [3.63, 3.8) is 0 Å². The first-order valence-electron chi connectivity index (χ1n) is 6.09. The van der Waals surface area contributed by atoms with E-state index in [-0.39, 0.29) is 11.8 Å². The predicted molar refractivity (Wildman–Crippen MR) is 70.6 cm³/mol. The Labute approximate surface area is 104 Å². The van der Waals surface area contributed by atoms with Crippen LogP contribution in [0.5, 0.6) is 0 Å². The number of benzene rings is 1. The van der Waals surface area contributed by atoms with Gasteiger partial charge in [0.1, 0.15) is 0 Å². The fourth-order valence-electron chi connectivity index (χ4n) is 1.55. The van der Waals surface area contributed by atoms with Gasteiger partial charge in [-0.3, -0.25) is 4.79 Å². The molecule has 1 rings (SSSR count). The van der Waals surface area contributed by atoms with E-state index in [1.54, 1.807) is 0 Å². The lowest BCUT2D eigenvalue weighted by Crippen LogP contribution is -2.34. The molecule has 0 aliphatic heterocycles. The summed E-state index contributed by atoms with van der Waals surface area (Å²) >= 11 is 0. The first kappa shape index (κ1) is 13.7. The molecule has 3 heteroatoms. The molecule has 94 valence electrons. The summed E-state index contributed by atoms with van der Waals surface area (Å²) in [6.45, 7) is 6.30. The van der Waals surface area contributed by atoms with E-state index in [2.05, 4.69) is 29.4 Å². The van der Waals surface area contributed by atoms with Gasteiger partial charge in [0.15, 0.2) is 0 Å². The third-order valence-corrected chi connectivity index (χ3v) is 2.61. The Morgan fingerprint density at radius 1 is 1.29 bits per heavy atom. The number of carbonyl (C=O) groups excluding carboxylic acids is 1. The number of nitrogens with zero attached hydrogens (tertiary/aromatic N) is 1. The Hall–Kier alpha value is -1.35. The monoisotopic (exact) mass is 234 g/mol. The first-order valence-corrected chi connectivity index (χ1v) is 6.09. The van der Waals surface area contributed by atoms with E-state index in [0.29, 0.717) is 6.54 Å². The highest BCUT2D eigenvalue weighted by Gasteiger charge is 2.06. The van der Waals surface area contributed by atoms with E-state index < -0.39 is 0 Å². The van der Waals surface area contributed by atoms with Crippen LogP contribution in [0.15, 0.2) is 30.3 Å². The number of hydrogen-bond donors (Lipinski definition) is 1. The summed E-state index contributed by atoms with van der Waals surface area (Å²) in [7, 11) is 2.06. The molecule has 3 nitrogen and oxygen atoms in total. The van der Waals surface area contributed by atoms with Crippen LogP contribution in [0.25, 0.3) is 0 Å². The van der Waals surface area contributed by atoms with Crippen molar-refractivity contribution in [1.82, 2.24) is 10.2 Å². The molecule has 0 bridgehead atoms. The van der Waals surface area contributed by atoms with Crippen LogP contribution in [0, 0.1) is 5.92 Å². The SMILES string of the molecule is CC(C)C(=O)NCCN(C)Cc1ccccc1. The van der Waals surface area contributed by atoms with Gasteiger partial charge in [-0.05, 0) is 12.6 Å². The number of amides is 1. The minimum atomic E-state index is 0.0643. The van der Waals surface area contributed by atoms with E-state index in [0.717, 1.165) is 13.1 Å². The molecule has 0 unspecified atom stereocenters. The van der Waals surface area contributed by atoms with Crippen molar-refractivity contribution in [2.24, 2.45) is 5.92 Å². The quantitative estimate of drug-likeness (QED) is 0.815. The second-order valence-electron chi connectivity index (χ2n) is 4.67. The molecule has 1 aromatic rings. The summed E-state index contributed by atoms with van der Waals surface area (Å²) in [5, 5.41) is 2.92. The van der Waals surface area contributed by atoms with Crippen molar-refractivity contribution in [1.29, 1.82) is 0 Å². The fourth-order valence-corrected chi connectivity index (χ4v) is 1.55. The molecule has 1 amide bonds. The van der Waals surface area contributed by atoms with Crippen molar-refractivity contribution < 1.29 is 4.79 Å². The van der Waals surface area contributed by atoms with Gasteiger partial charge in [-0.2, -0.15) is 0 Å². The van der Waals surface area contributed by atoms with E-state index in [1.165, 1.54) is 5.56 Å². The van der Waals surface area contributed by atoms with Gasteiger partial charge in [0.25, 0.3) is 0 Å². The molecule has 0 aliphatic rings. The van der Waals surface area contributed by atoms with Crippen LogP contribution in [0.2, 0.25) is 0 Å². The molecule has 17 heavy (non-hydrogen) atoms. The van der Waals surface area contributed by atoms with Crippen molar-refractivity contribution in [2.45, 2.75) is 20.4 Å². The number of likely N-dealkylation sites (N-methyl/N-ethyl adjacent to an activating group) is 1. The van der Waals surface area contributed by atoms with Crippen LogP contribution in [0.4, 0.5) is 0 Å². The maximum atomic E-state index is 11.4. The Kier molecular flexibility index (Phi) is 5.70. The molecule has 1 aromatic carbocycles. The van der Waals surface area contributed by atoms with Crippen LogP contribution < -0.4 is 5.32 Å². The zero-order valence-electron chi connectivity index (χ0n) is 10.9. The highest BCUT2D eigenvalue weighted by atomic mass is 16.1. The molecule has 0 saturated heterocycles. The normalized spacial score (nSPS) is 10.9. The summed E-state index contributed by atoms with van der Waals surface area (Å²) in [4.78, 5) is 13.6. The van der Waals surface area contributed by atoms with Crippen molar-refractivity contribution in [2.75, 3.05) is 20.1 Å². The molecule has 0 aliphatic carbocycles. The Morgan fingerprint density at radius 3 is 2.53 bits per heavy atom. The smallest absolute Gasteiger partial charge is 0.222 e. The average Bonchev–Trinajstić information content (AvgIpc) is 2.30. The number of rotatable bonds is 6. The minimum Gasteiger partial charge on any atom is -0.355 e. The first-order chi connectivity index (χ1) is 8.09. The Balaban J connectivity index is 2.22. The van der Waals surface area contributed by atoms with Crippen LogP contribution in [-0.4, -0.2) is 30.9 Å². The molecule has 0 spiro atoms. The zero-order chi connectivity index (χ0) is 12.7. The molecule has 0 radical (unpaired) electrons. The summed E-state index contributed by atoms with van der Waals surface area (Å²) < 4.78 is 0. The summed E-state index contributed by atoms with van der Waals surface area (Å²) in [5.74, 6) is 0.188. The molecule has 1 N–H and O–H groups in total. The Bertz CT molecular complexity index is 335. The molecule has 0 fully saturated rings. The third kappa shape index (κ3) is 5.50. The third-order valence-electron chi connectivity index (χ3n) is 2.61. The maximum Gasteiger partial charge on any atom is 0.222 e. The highest BCUT2D eigenvalue weighted by molar-refractivity contribution is 5.77. The van der Waals surface area contributed by atoms with Crippen LogP contribution >= 0.6 is 0 Å². The van der Waals surface area contributed by atoms with Gasteiger partial charge < -0.3 is 10.2 Å². The largest absolute Gasteiger partial charge is 0.355 e. The lowest BCUT2D eigenvalue weighted by molar-refractivity contribution is -0.124. The van der Waals surface area contributed by atoms with E-state index >= 15 is 0 Å². The van der Waals surface area contributed by atoms with Crippen LogP contribution in [0.3, 0.4) is 0 Å². The Morgan fingerprint density at radius 2 is 1.94 bits per heavy atom. The number of hydrogen-bond acceptors (Lipinski definition) is 2. The standard InChI is InChI=1S/C14H22N2O/c1-12(2)14(17)15-9-10-16(3)11-13-7-5-4-6-8-13/h4-8,12H,9-11H2,1-3H3,(H,15,17). The fraction of sp³-hybridized carbons (Fsp3) is 0.500. The van der Waals surface area contributed by atoms with E-state index in [9.17, 15) is 4.79 Å². The van der Waals surface area contributed by atoms with Gasteiger partial charge in [-0.15, -0.1) is 0 Å². The molecular weight excluding hydrogens is 212 g/mol. The molecule has 0 heterocycles. The lowest BCUT2D eigenvalue weighted by Gasteiger charge is -2.17.